The van der Waals surface area contributed by atoms with Gasteiger partial charge in [0, 0.05) is 36.4 Å². The van der Waals surface area contributed by atoms with Crippen molar-refractivity contribution in [2.75, 3.05) is 12.3 Å². The number of hydrogen-bond donors (Lipinski definition) is 1. The highest BCUT2D eigenvalue weighted by Crippen LogP contribution is 2.17. The molecule has 0 unspecified atom stereocenters. The van der Waals surface area contributed by atoms with Crippen LogP contribution in [0.15, 0.2) is 53.8 Å². The number of fused-ring (bicyclic) bond motifs is 1. The monoisotopic (exact) mass is 318 g/mol. The van der Waals surface area contributed by atoms with E-state index in [-0.39, 0.29) is 11.7 Å². The van der Waals surface area contributed by atoms with Crippen LogP contribution in [0.3, 0.4) is 0 Å². The van der Waals surface area contributed by atoms with Gasteiger partial charge in [0.15, 0.2) is 0 Å². The third kappa shape index (κ3) is 3.48. The zero-order valence-corrected chi connectivity index (χ0v) is 12.6. The molecule has 0 bridgehead atoms. The standard InChI is InChI=1S/C15H15FN4OS/c16-12-1-3-13(4-2-12)22-11-14(21)17-7-8-19-9-10-20-15(19)5-6-18-20/h1-6,9-10H,7-8,11H2,(H,17,21). The van der Waals surface area contributed by atoms with Crippen LogP contribution in [0.1, 0.15) is 0 Å². The lowest BCUT2D eigenvalue weighted by Gasteiger charge is -2.06. The highest BCUT2D eigenvalue weighted by atomic mass is 32.2. The molecule has 0 atom stereocenters. The zero-order valence-electron chi connectivity index (χ0n) is 11.8. The quantitative estimate of drug-likeness (QED) is 0.709. The van der Waals surface area contributed by atoms with Crippen molar-refractivity contribution in [1.29, 1.82) is 0 Å². The summed E-state index contributed by atoms with van der Waals surface area (Å²) in [6.45, 7) is 1.24. The molecule has 0 saturated heterocycles. The summed E-state index contributed by atoms with van der Waals surface area (Å²) in [5.41, 5.74) is 0.995. The highest BCUT2D eigenvalue weighted by Gasteiger charge is 2.04. The Labute approximate surface area is 131 Å². The van der Waals surface area contributed by atoms with Gasteiger partial charge in [0.05, 0.1) is 11.9 Å². The second kappa shape index (κ2) is 6.65. The van der Waals surface area contributed by atoms with Gasteiger partial charge in [-0.3, -0.25) is 4.79 Å². The minimum atomic E-state index is -0.272. The molecule has 5 nitrogen and oxygen atoms in total. The molecule has 7 heteroatoms. The van der Waals surface area contributed by atoms with Crippen LogP contribution in [0.5, 0.6) is 0 Å². The molecule has 0 saturated carbocycles. The Bertz CT molecular complexity index is 765. The van der Waals surface area contributed by atoms with E-state index in [9.17, 15) is 9.18 Å². The van der Waals surface area contributed by atoms with E-state index in [1.807, 2.05) is 23.0 Å². The lowest BCUT2D eigenvalue weighted by Crippen LogP contribution is -2.28. The molecule has 0 aliphatic rings. The SMILES string of the molecule is O=C(CSc1ccc(F)cc1)NCCn1ccn2nccc12. The molecule has 2 heterocycles. The molecule has 0 aliphatic heterocycles. The van der Waals surface area contributed by atoms with Crippen molar-refractivity contribution < 1.29 is 9.18 Å². The van der Waals surface area contributed by atoms with Crippen molar-refractivity contribution in [2.45, 2.75) is 11.4 Å². The second-order valence-electron chi connectivity index (χ2n) is 4.72. The summed E-state index contributed by atoms with van der Waals surface area (Å²) in [7, 11) is 0. The first-order valence-corrected chi connectivity index (χ1v) is 7.84. The minimum Gasteiger partial charge on any atom is -0.354 e. The van der Waals surface area contributed by atoms with Crippen LogP contribution in [-0.2, 0) is 11.3 Å². The molecular weight excluding hydrogens is 303 g/mol. The summed E-state index contributed by atoms with van der Waals surface area (Å²) in [5, 5.41) is 7.01. The molecule has 0 aliphatic carbocycles. The fourth-order valence-corrected chi connectivity index (χ4v) is 2.83. The molecule has 0 radical (unpaired) electrons. The number of halogens is 1. The first-order chi connectivity index (χ1) is 10.7. The number of benzene rings is 1. The molecule has 1 N–H and O–H groups in total. The summed E-state index contributed by atoms with van der Waals surface area (Å²) in [4.78, 5) is 12.7. The van der Waals surface area contributed by atoms with Crippen molar-refractivity contribution in [3.63, 3.8) is 0 Å². The van der Waals surface area contributed by atoms with E-state index in [0.717, 1.165) is 10.5 Å². The third-order valence-electron chi connectivity index (χ3n) is 3.19. The van der Waals surface area contributed by atoms with Gasteiger partial charge in [-0.15, -0.1) is 11.8 Å². The Morgan fingerprint density at radius 1 is 1.23 bits per heavy atom. The van der Waals surface area contributed by atoms with Gasteiger partial charge in [-0.05, 0) is 24.3 Å². The molecule has 0 fully saturated rings. The second-order valence-corrected chi connectivity index (χ2v) is 5.77. The van der Waals surface area contributed by atoms with Gasteiger partial charge in [-0.2, -0.15) is 5.10 Å². The van der Waals surface area contributed by atoms with E-state index in [1.165, 1.54) is 23.9 Å². The van der Waals surface area contributed by atoms with Crippen LogP contribution in [-0.4, -0.2) is 32.4 Å². The summed E-state index contributed by atoms with van der Waals surface area (Å²) in [5.74, 6) is 0.0112. The predicted octanol–water partition coefficient (Wildman–Crippen LogP) is 2.18. The number of nitrogens with zero attached hydrogens (tertiary/aromatic N) is 3. The molecular formula is C15H15FN4OS. The average molecular weight is 318 g/mol. The normalized spacial score (nSPS) is 11.0. The predicted molar refractivity (Wildman–Crippen MR) is 83.3 cm³/mol. The van der Waals surface area contributed by atoms with Crippen molar-refractivity contribution >= 4 is 23.3 Å². The summed E-state index contributed by atoms with van der Waals surface area (Å²) in [6, 6.07) is 8.05. The molecule has 1 amide bonds. The minimum absolute atomic E-state index is 0.0361. The molecule has 3 aromatic rings. The maximum Gasteiger partial charge on any atom is 0.230 e. The third-order valence-corrected chi connectivity index (χ3v) is 4.20. The molecule has 114 valence electrons. The van der Waals surface area contributed by atoms with E-state index in [4.69, 9.17) is 0 Å². The van der Waals surface area contributed by atoms with Gasteiger partial charge in [-0.1, -0.05) is 0 Å². The topological polar surface area (TPSA) is 51.3 Å². The van der Waals surface area contributed by atoms with Crippen molar-refractivity contribution in [3.05, 3.63) is 54.7 Å². The van der Waals surface area contributed by atoms with Crippen LogP contribution in [0.25, 0.3) is 5.65 Å². The molecule has 22 heavy (non-hydrogen) atoms. The Morgan fingerprint density at radius 2 is 2.05 bits per heavy atom. The van der Waals surface area contributed by atoms with Crippen LogP contribution >= 0.6 is 11.8 Å². The number of rotatable bonds is 6. The van der Waals surface area contributed by atoms with E-state index < -0.39 is 0 Å². The van der Waals surface area contributed by atoms with Gasteiger partial charge < -0.3 is 9.88 Å². The number of carbonyl (C=O) groups excluding carboxylic acids is 1. The van der Waals surface area contributed by atoms with Gasteiger partial charge in [0.2, 0.25) is 5.91 Å². The highest BCUT2D eigenvalue weighted by molar-refractivity contribution is 8.00. The number of carbonyl (C=O) groups is 1. The van der Waals surface area contributed by atoms with Gasteiger partial charge >= 0.3 is 0 Å². The first-order valence-electron chi connectivity index (χ1n) is 6.86. The lowest BCUT2D eigenvalue weighted by atomic mass is 10.4. The van der Waals surface area contributed by atoms with E-state index in [2.05, 4.69) is 10.4 Å². The van der Waals surface area contributed by atoms with Crippen LogP contribution < -0.4 is 5.32 Å². The van der Waals surface area contributed by atoms with Crippen molar-refractivity contribution in [1.82, 2.24) is 19.5 Å². The maximum absolute atomic E-state index is 12.8. The number of nitrogens with one attached hydrogen (secondary N) is 1. The number of thioether (sulfide) groups is 1. The van der Waals surface area contributed by atoms with Crippen LogP contribution in [0.4, 0.5) is 4.39 Å². The van der Waals surface area contributed by atoms with Gasteiger partial charge in [-0.25, -0.2) is 8.91 Å². The first kappa shape index (κ1) is 14.6. The number of amides is 1. The van der Waals surface area contributed by atoms with Crippen molar-refractivity contribution in [2.24, 2.45) is 0 Å². The Morgan fingerprint density at radius 3 is 2.86 bits per heavy atom. The Balaban J connectivity index is 1.42. The molecule has 0 spiro atoms. The number of aromatic nitrogens is 3. The lowest BCUT2D eigenvalue weighted by molar-refractivity contribution is -0.118. The molecule has 1 aromatic carbocycles. The fourth-order valence-electron chi connectivity index (χ4n) is 2.11. The zero-order chi connectivity index (χ0) is 15.4. The summed E-state index contributed by atoms with van der Waals surface area (Å²) in [6.07, 6.45) is 5.55. The summed E-state index contributed by atoms with van der Waals surface area (Å²) >= 11 is 1.39. The Hall–Kier alpha value is -2.28. The van der Waals surface area contributed by atoms with Gasteiger partial charge in [0.25, 0.3) is 0 Å². The molecule has 3 rings (SSSR count). The maximum atomic E-state index is 12.8. The van der Waals surface area contributed by atoms with Crippen molar-refractivity contribution in [3.8, 4) is 0 Å². The average Bonchev–Trinajstić information content (AvgIpc) is 3.11. The van der Waals surface area contributed by atoms with E-state index in [0.29, 0.717) is 18.8 Å². The van der Waals surface area contributed by atoms with E-state index in [1.54, 1.807) is 22.8 Å². The van der Waals surface area contributed by atoms with Crippen LogP contribution in [0, 0.1) is 5.82 Å². The molecule has 2 aromatic heterocycles. The van der Waals surface area contributed by atoms with Crippen LogP contribution in [0.2, 0.25) is 0 Å². The smallest absolute Gasteiger partial charge is 0.230 e. The fraction of sp³-hybridized carbons (Fsp3) is 0.200. The Kier molecular flexibility index (Phi) is 4.43. The largest absolute Gasteiger partial charge is 0.354 e. The van der Waals surface area contributed by atoms with Gasteiger partial charge in [0.1, 0.15) is 11.5 Å². The number of hydrogen-bond acceptors (Lipinski definition) is 3. The number of imidazole rings is 1. The van der Waals surface area contributed by atoms with E-state index >= 15 is 0 Å². The summed E-state index contributed by atoms with van der Waals surface area (Å²) < 4.78 is 16.6.